The van der Waals surface area contributed by atoms with E-state index in [0.29, 0.717) is 27.8 Å². The zero-order valence-electron chi connectivity index (χ0n) is 28.2. The van der Waals surface area contributed by atoms with Crippen molar-refractivity contribution >= 4 is 50.7 Å². The molecule has 12 heteroatoms. The number of anilines is 1. The Hall–Kier alpha value is -4.25. The van der Waals surface area contributed by atoms with Crippen LogP contribution in [0.4, 0.5) is 5.69 Å². The fraction of sp³-hybridized carbons (Fsp3) is 0.297. The normalized spacial score (nSPS) is 12.5. The average molecular weight is 727 g/mol. The predicted octanol–water partition coefficient (Wildman–Crippen LogP) is 7.07. The van der Waals surface area contributed by atoms with Gasteiger partial charge in [0.2, 0.25) is 11.8 Å². The zero-order chi connectivity index (χ0) is 35.7. The lowest BCUT2D eigenvalue weighted by atomic mass is 10.0. The Morgan fingerprint density at radius 3 is 2.08 bits per heavy atom. The Kier molecular flexibility index (Phi) is 13.0. The first-order chi connectivity index (χ1) is 23.4. The van der Waals surface area contributed by atoms with E-state index in [-0.39, 0.29) is 41.2 Å². The molecule has 49 heavy (non-hydrogen) atoms. The van der Waals surface area contributed by atoms with Crippen molar-refractivity contribution in [3.8, 4) is 11.5 Å². The number of carbonyl (C=O) groups excluding carboxylic acids is 2. The van der Waals surface area contributed by atoms with Gasteiger partial charge in [0.25, 0.3) is 10.0 Å². The maximum absolute atomic E-state index is 14.7. The molecule has 4 aromatic rings. The van der Waals surface area contributed by atoms with Gasteiger partial charge in [0, 0.05) is 40.7 Å². The van der Waals surface area contributed by atoms with Crippen molar-refractivity contribution in [2.75, 3.05) is 25.1 Å². The van der Waals surface area contributed by atoms with E-state index in [0.717, 1.165) is 15.4 Å². The van der Waals surface area contributed by atoms with E-state index in [9.17, 15) is 18.0 Å². The fourth-order valence-corrected chi connectivity index (χ4v) is 7.14. The minimum absolute atomic E-state index is 0.116. The fourth-order valence-electron chi connectivity index (χ4n) is 5.19. The molecule has 4 aromatic carbocycles. The molecule has 0 saturated carbocycles. The minimum Gasteiger partial charge on any atom is -0.493 e. The predicted molar refractivity (Wildman–Crippen MR) is 194 cm³/mol. The number of benzene rings is 4. The molecule has 2 amide bonds. The van der Waals surface area contributed by atoms with Crippen molar-refractivity contribution in [3.05, 3.63) is 118 Å². The lowest BCUT2D eigenvalue weighted by Gasteiger charge is -2.34. The van der Waals surface area contributed by atoms with E-state index in [2.05, 4.69) is 5.32 Å². The van der Waals surface area contributed by atoms with Crippen molar-refractivity contribution in [2.45, 2.75) is 57.1 Å². The van der Waals surface area contributed by atoms with Crippen LogP contribution < -0.4 is 19.1 Å². The molecule has 0 fully saturated rings. The second kappa shape index (κ2) is 16.9. The van der Waals surface area contributed by atoms with Crippen LogP contribution in [0.1, 0.15) is 37.0 Å². The second-order valence-electron chi connectivity index (χ2n) is 11.6. The van der Waals surface area contributed by atoms with Crippen LogP contribution in [0.5, 0.6) is 11.5 Å². The van der Waals surface area contributed by atoms with Gasteiger partial charge in [-0.1, -0.05) is 84.2 Å². The summed E-state index contributed by atoms with van der Waals surface area (Å²) in [7, 11) is -1.51. The van der Waals surface area contributed by atoms with Crippen LogP contribution in [0.15, 0.2) is 95.9 Å². The number of halogens is 2. The van der Waals surface area contributed by atoms with Crippen LogP contribution in [0, 0.1) is 6.92 Å². The Bertz CT molecular complexity index is 1840. The first kappa shape index (κ1) is 37.6. The van der Waals surface area contributed by atoms with Crippen LogP contribution in [0.2, 0.25) is 10.0 Å². The Balaban J connectivity index is 1.86. The van der Waals surface area contributed by atoms with Gasteiger partial charge in [-0.3, -0.25) is 13.9 Å². The molecule has 2 atom stereocenters. The van der Waals surface area contributed by atoms with E-state index in [4.69, 9.17) is 32.7 Å². The molecule has 0 bridgehead atoms. The molecule has 4 rings (SSSR count). The number of carbonyl (C=O) groups is 2. The van der Waals surface area contributed by atoms with E-state index in [1.807, 2.05) is 51.1 Å². The number of hydrogen-bond acceptors (Lipinski definition) is 6. The molecule has 0 saturated heterocycles. The maximum Gasteiger partial charge on any atom is 0.264 e. The van der Waals surface area contributed by atoms with Gasteiger partial charge in [-0.15, -0.1) is 0 Å². The van der Waals surface area contributed by atoms with Crippen LogP contribution in [0.25, 0.3) is 0 Å². The molecular formula is C37H41Cl2N3O6S. The standard InChI is InChI=1S/C37H41Cl2N3O6S/c1-6-26(3)40-37(44)33(21-27-11-8-7-9-12-27)41(23-30-31(38)13-10-14-32(30)39)36(43)24-42(28-17-15-25(2)16-18-28)49(45,46)29-19-20-34(47-4)35(22-29)48-5/h7-20,22,26,33H,6,21,23-24H2,1-5H3,(H,40,44)/t26-,33+/m1/s1. The molecule has 9 nitrogen and oxygen atoms in total. The molecule has 0 heterocycles. The highest BCUT2D eigenvalue weighted by atomic mass is 35.5. The topological polar surface area (TPSA) is 105 Å². The molecule has 0 aliphatic heterocycles. The summed E-state index contributed by atoms with van der Waals surface area (Å²) in [6.45, 7) is 4.91. The minimum atomic E-state index is -4.37. The molecule has 0 aliphatic carbocycles. The Morgan fingerprint density at radius 2 is 1.49 bits per heavy atom. The van der Waals surface area contributed by atoms with Gasteiger partial charge in [-0.05, 0) is 62.2 Å². The van der Waals surface area contributed by atoms with Crippen LogP contribution in [0.3, 0.4) is 0 Å². The summed E-state index contributed by atoms with van der Waals surface area (Å²) in [6.07, 6.45) is 0.822. The number of ether oxygens (including phenoxy) is 2. The number of sulfonamides is 1. The lowest BCUT2D eigenvalue weighted by molar-refractivity contribution is -0.140. The van der Waals surface area contributed by atoms with Crippen molar-refractivity contribution < 1.29 is 27.5 Å². The SMILES string of the molecule is CC[C@@H](C)NC(=O)[C@H](Cc1ccccc1)N(Cc1c(Cl)cccc1Cl)C(=O)CN(c1ccc(C)cc1)S(=O)(=O)c1ccc(OC)c(OC)c1. The number of hydrogen-bond donors (Lipinski definition) is 1. The number of rotatable bonds is 15. The van der Waals surface area contributed by atoms with E-state index in [1.54, 1.807) is 42.5 Å². The van der Waals surface area contributed by atoms with Gasteiger partial charge in [-0.25, -0.2) is 8.42 Å². The molecule has 0 aliphatic rings. The van der Waals surface area contributed by atoms with Crippen LogP contribution in [-0.4, -0.2) is 58.0 Å². The third-order valence-corrected chi connectivity index (χ3v) is 10.7. The van der Waals surface area contributed by atoms with Gasteiger partial charge < -0.3 is 19.7 Å². The smallest absolute Gasteiger partial charge is 0.264 e. The summed E-state index contributed by atoms with van der Waals surface area (Å²) in [5.74, 6) is -0.475. The van der Waals surface area contributed by atoms with Gasteiger partial charge in [0.15, 0.2) is 11.5 Å². The maximum atomic E-state index is 14.7. The van der Waals surface area contributed by atoms with Crippen molar-refractivity contribution in [1.82, 2.24) is 10.2 Å². The Labute approximate surface area is 298 Å². The first-order valence-electron chi connectivity index (χ1n) is 15.8. The summed E-state index contributed by atoms with van der Waals surface area (Å²) < 4.78 is 40.6. The lowest BCUT2D eigenvalue weighted by Crippen LogP contribution is -2.54. The number of aryl methyl sites for hydroxylation is 1. The molecular weight excluding hydrogens is 685 g/mol. The summed E-state index contributed by atoms with van der Waals surface area (Å²) in [5.41, 5.74) is 2.40. The first-order valence-corrected chi connectivity index (χ1v) is 18.0. The molecule has 0 aromatic heterocycles. The number of nitrogens with zero attached hydrogens (tertiary/aromatic N) is 2. The summed E-state index contributed by atoms with van der Waals surface area (Å²) in [6, 6.07) is 24.1. The van der Waals surface area contributed by atoms with Gasteiger partial charge in [-0.2, -0.15) is 0 Å². The monoisotopic (exact) mass is 725 g/mol. The third-order valence-electron chi connectivity index (χ3n) is 8.21. The van der Waals surface area contributed by atoms with E-state index in [1.165, 1.54) is 37.3 Å². The van der Waals surface area contributed by atoms with Gasteiger partial charge in [0.05, 0.1) is 24.8 Å². The summed E-state index contributed by atoms with van der Waals surface area (Å²) >= 11 is 13.2. The molecule has 1 N–H and O–H groups in total. The number of methoxy groups -OCH3 is 2. The van der Waals surface area contributed by atoms with Crippen LogP contribution >= 0.6 is 23.2 Å². The number of nitrogens with one attached hydrogen (secondary N) is 1. The molecule has 260 valence electrons. The second-order valence-corrected chi connectivity index (χ2v) is 14.3. The zero-order valence-corrected chi connectivity index (χ0v) is 30.5. The highest BCUT2D eigenvalue weighted by Crippen LogP contribution is 2.33. The molecule has 0 spiro atoms. The van der Waals surface area contributed by atoms with Gasteiger partial charge in [0.1, 0.15) is 12.6 Å². The Morgan fingerprint density at radius 1 is 0.857 bits per heavy atom. The van der Waals surface area contributed by atoms with E-state index < -0.39 is 28.5 Å². The number of amides is 2. The van der Waals surface area contributed by atoms with E-state index >= 15 is 0 Å². The van der Waals surface area contributed by atoms with Crippen molar-refractivity contribution in [2.24, 2.45) is 0 Å². The molecule has 0 unspecified atom stereocenters. The quantitative estimate of drug-likeness (QED) is 0.141. The molecule has 0 radical (unpaired) electrons. The van der Waals surface area contributed by atoms with Crippen molar-refractivity contribution in [3.63, 3.8) is 0 Å². The highest BCUT2D eigenvalue weighted by molar-refractivity contribution is 7.92. The summed E-state index contributed by atoms with van der Waals surface area (Å²) in [5, 5.41) is 3.62. The average Bonchev–Trinajstić information content (AvgIpc) is 3.10. The third kappa shape index (κ3) is 9.26. The van der Waals surface area contributed by atoms with Crippen LogP contribution in [-0.2, 0) is 32.6 Å². The van der Waals surface area contributed by atoms with Gasteiger partial charge >= 0.3 is 0 Å². The highest BCUT2D eigenvalue weighted by Gasteiger charge is 2.36. The van der Waals surface area contributed by atoms with Crippen molar-refractivity contribution in [1.29, 1.82) is 0 Å². The largest absolute Gasteiger partial charge is 0.493 e. The summed E-state index contributed by atoms with van der Waals surface area (Å²) in [4.78, 5) is 30.0.